The van der Waals surface area contributed by atoms with Crippen molar-refractivity contribution < 1.29 is 66.9 Å². The summed E-state index contributed by atoms with van der Waals surface area (Å²) < 4.78 is 23.8. The topological polar surface area (TPSA) is 398 Å². The van der Waals surface area contributed by atoms with Crippen molar-refractivity contribution in [2.75, 3.05) is 35.3 Å². The Hall–Kier alpha value is -8.62. The highest BCUT2D eigenvalue weighted by molar-refractivity contribution is 8.15. The molecule has 0 saturated heterocycles. The first-order valence-corrected chi connectivity index (χ1v) is 42.7. The Morgan fingerprint density at radius 1 is 0.598 bits per heavy atom. The van der Waals surface area contributed by atoms with Crippen LogP contribution in [0.3, 0.4) is 0 Å². The van der Waals surface area contributed by atoms with Crippen molar-refractivity contribution in [3.05, 3.63) is 122 Å². The number of cyclic esters (lactones) is 3. The summed E-state index contributed by atoms with van der Waals surface area (Å²) in [6.07, 6.45) is 24.6. The van der Waals surface area contributed by atoms with Crippen LogP contribution in [0.1, 0.15) is 153 Å². The van der Waals surface area contributed by atoms with E-state index >= 15 is 0 Å². The maximum Gasteiger partial charge on any atom is 0.419 e. The van der Waals surface area contributed by atoms with Gasteiger partial charge in [-0.05, 0) is 90.5 Å². The first-order valence-electron chi connectivity index (χ1n) is 36.7. The molecule has 9 atom stereocenters. The number of unbranched alkanes of at least 4 members (excludes halogenated alkanes) is 1. The molecule has 9 aliphatic heterocycles. The third-order valence-electron chi connectivity index (χ3n) is 17.7. The lowest BCUT2D eigenvalue weighted by Crippen LogP contribution is -2.52. The van der Waals surface area contributed by atoms with Gasteiger partial charge in [-0.3, -0.25) is 58.7 Å². The summed E-state index contributed by atoms with van der Waals surface area (Å²) in [7, 11) is 0. The number of thiol groups is 2. The number of hydrogen-bond acceptors (Lipinski definition) is 30. The lowest BCUT2D eigenvalue weighted by Gasteiger charge is -2.25. The number of nitrogens with one attached hydrogen (secondary N) is 6. The SMILES string of the molecule is CC(C)(C)OC(=O)n1cnc(C[C@@H]2NC(=O)[C@]3(C)CSC(=N3)C3=CCC(=N3)CNC(=O)C[C@@H](/C=C/CCS)OC2=O)c1.CCC/C=C/[C@@H]1CC(=O)NCc2nc(cs2)C2=N[C@@](C)(CS2)C(=O)N[C@@H](CC2=CCC=N2)C(=O)O1.C[C@@]12CSC(=N1)c1csc(n1)CNC(=O)C[C@@H](/C=C/CCS)OC(=O)[C@H](CC1=CCC=N1)NC2=O. The second-order valence-electron chi connectivity index (χ2n) is 28.6. The number of esters is 3. The van der Waals surface area contributed by atoms with Crippen molar-refractivity contribution >= 4 is 176 Å². The van der Waals surface area contributed by atoms with Gasteiger partial charge in [0.15, 0.2) is 0 Å². The van der Waals surface area contributed by atoms with E-state index in [1.54, 1.807) is 78.3 Å². The summed E-state index contributed by atoms with van der Waals surface area (Å²) in [5, 5.41) is 24.2. The Bertz CT molecular complexity index is 4280. The summed E-state index contributed by atoms with van der Waals surface area (Å²) in [5.74, 6) is -1.59. The molecule has 0 fully saturated rings. The van der Waals surface area contributed by atoms with Gasteiger partial charge in [0.1, 0.15) is 102 Å². The van der Waals surface area contributed by atoms with Crippen LogP contribution in [0.2, 0.25) is 0 Å². The standard InChI is InChI=1S/C28H36N6O6S2.C24H29N5O4S2.C23H27N5O4S3/c1-27(2,3)40-26(38)34-14-18(30-16-34)11-21-24(36)39-19(7-5-6-10-41)12-22(35)29-13-17-8-9-20(31-17)23-33-28(4,15-42-23)25(37)32-21;1-3-4-5-8-16-11-19(30)26-12-20-27-18(13-34-20)21-29-24(2,14-35-21)23(32)28-17(22(31)33-16)10-15-7-6-9-25-15;1-23-13-35-20(28-23)17-12-34-19(26-17)11-25-18(29)10-15(6-2-3-8-33)32-21(30)16(27-22(23)31)9-14-5-4-7-24-14/h5,7,9,14,16,19,21,41H,6,8,10-13,15H2,1-4H3,(H,29,35)(H,32,37);5,7-9,13,16-17H,3-4,6,10-12,14H2,1-2H3,(H,26,30)(H,28,32);2,5-7,12,15-16,33H,3-4,8-11,13H2,1H3,(H,25,29)(H,27,31)/b7-5+;8-5+;6-2+/t19-,21+,28+;16-,17+,24+;15-,16+,23+/m111/s1. The number of allylic oxidation sites excluding steroid dienone is 6. The lowest BCUT2D eigenvalue weighted by molar-refractivity contribution is -0.153. The Morgan fingerprint density at radius 2 is 1.03 bits per heavy atom. The fourth-order valence-electron chi connectivity index (χ4n) is 11.6. The van der Waals surface area contributed by atoms with E-state index in [2.05, 4.69) is 102 Å². The fraction of sp³-hybridized carbons (Fsp3) is 0.507. The number of amides is 6. The number of aromatic nitrogens is 4. The summed E-state index contributed by atoms with van der Waals surface area (Å²) in [4.78, 5) is 171. The monoisotopic (exact) mass is 1660 g/mol. The van der Waals surface area contributed by atoms with Crippen molar-refractivity contribution in [2.24, 2.45) is 30.0 Å². The summed E-state index contributed by atoms with van der Waals surface area (Å²) in [5.41, 5.74) is 0.635. The van der Waals surface area contributed by atoms with Crippen LogP contribution in [0, 0.1) is 0 Å². The predicted octanol–water partition coefficient (Wildman–Crippen LogP) is 7.99. The predicted molar refractivity (Wildman–Crippen MR) is 442 cm³/mol. The van der Waals surface area contributed by atoms with Gasteiger partial charge in [0, 0.05) is 102 Å². The Labute approximate surface area is 680 Å². The van der Waals surface area contributed by atoms with Gasteiger partial charge in [0.2, 0.25) is 35.4 Å². The third kappa shape index (κ3) is 24.7. The molecular formula is C75H92N16O14S7. The van der Waals surface area contributed by atoms with Gasteiger partial charge < -0.3 is 50.8 Å². The molecule has 12 heterocycles. The summed E-state index contributed by atoms with van der Waals surface area (Å²) in [6, 6.07) is -3.09. The van der Waals surface area contributed by atoms with Crippen molar-refractivity contribution in [1.82, 2.24) is 51.4 Å². The molecule has 6 N–H and O–H groups in total. The number of carbonyl (C=O) groups is 10. The highest BCUT2D eigenvalue weighted by atomic mass is 32.2. The summed E-state index contributed by atoms with van der Waals surface area (Å²) in [6.45, 7) is 13.3. The summed E-state index contributed by atoms with van der Waals surface area (Å²) >= 11 is 15.6. The number of thioether (sulfide) groups is 3. The van der Waals surface area contributed by atoms with Crippen LogP contribution in [0.15, 0.2) is 125 Å². The third-order valence-corrected chi connectivity index (χ3v) is 23.7. The fourth-order valence-corrected chi connectivity index (χ4v) is 16.9. The average Bonchev–Trinajstić information content (AvgIpc) is 1.66. The molecule has 9 aliphatic rings. The maximum atomic E-state index is 13.6. The molecule has 0 radical (unpaired) electrons. The first kappa shape index (κ1) is 85.8. The number of thiazole rings is 2. The molecule has 3 aromatic heterocycles. The largest absolute Gasteiger partial charge is 0.456 e. The van der Waals surface area contributed by atoms with Crippen LogP contribution < -0.4 is 31.9 Å². The van der Waals surface area contributed by atoms with Gasteiger partial charge >= 0.3 is 24.0 Å². The van der Waals surface area contributed by atoms with Gasteiger partial charge in [-0.1, -0.05) is 49.8 Å². The van der Waals surface area contributed by atoms with E-state index in [-0.39, 0.29) is 87.7 Å². The van der Waals surface area contributed by atoms with E-state index in [0.29, 0.717) is 110 Å². The molecule has 12 bridgehead atoms. The van der Waals surface area contributed by atoms with E-state index < -0.39 is 88.6 Å². The van der Waals surface area contributed by atoms with Crippen LogP contribution in [0.5, 0.6) is 0 Å². The molecule has 37 heteroatoms. The molecule has 0 aromatic carbocycles. The van der Waals surface area contributed by atoms with Crippen molar-refractivity contribution in [3.8, 4) is 0 Å². The number of ether oxygens (including phenoxy) is 4. The molecule has 6 amide bonds. The number of imidazole rings is 1. The van der Waals surface area contributed by atoms with E-state index in [4.69, 9.17) is 18.9 Å². The second kappa shape index (κ2) is 39.9. The molecule has 30 nitrogen and oxygen atoms in total. The highest BCUT2D eigenvalue weighted by Crippen LogP contribution is 2.36. The zero-order valence-corrected chi connectivity index (χ0v) is 69.0. The molecule has 3 aromatic rings. The minimum atomic E-state index is -1.17. The number of hydrogen-bond donors (Lipinski definition) is 8. The number of carbonyl (C=O) groups excluding carboxylic acids is 10. The second-order valence-corrected chi connectivity index (χ2v) is 34.2. The van der Waals surface area contributed by atoms with Crippen molar-refractivity contribution in [2.45, 2.75) is 204 Å². The average molecular weight is 1670 g/mol. The van der Waals surface area contributed by atoms with E-state index in [0.717, 1.165) is 28.6 Å². The van der Waals surface area contributed by atoms with E-state index in [1.807, 2.05) is 48.1 Å². The minimum Gasteiger partial charge on any atom is -0.456 e. The zero-order chi connectivity index (χ0) is 80.2. The van der Waals surface area contributed by atoms with Crippen LogP contribution in [0.4, 0.5) is 4.79 Å². The molecule has 0 saturated carbocycles. The van der Waals surface area contributed by atoms with Crippen molar-refractivity contribution in [3.63, 3.8) is 0 Å². The lowest BCUT2D eigenvalue weighted by atomic mass is 10.0. The molecular weight excluding hydrogens is 1570 g/mol. The first-order chi connectivity index (χ1) is 53.6. The number of aliphatic imine (C=N–C) groups is 6. The molecule has 0 aliphatic carbocycles. The molecule has 0 spiro atoms. The minimum absolute atomic E-state index is 0.0218. The van der Waals surface area contributed by atoms with E-state index in [9.17, 15) is 47.9 Å². The smallest absolute Gasteiger partial charge is 0.419 e. The maximum absolute atomic E-state index is 13.6. The number of rotatable bonds is 15. The van der Waals surface area contributed by atoms with E-state index in [1.165, 1.54) is 75.1 Å². The number of fused-ring (bicyclic) bond motifs is 11. The number of nitrogens with zero attached hydrogens (tertiary/aromatic N) is 10. The van der Waals surface area contributed by atoms with Crippen molar-refractivity contribution in [1.29, 1.82) is 0 Å². The van der Waals surface area contributed by atoms with Gasteiger partial charge in [-0.25, -0.2) is 38.7 Å². The Morgan fingerprint density at radius 3 is 1.46 bits per heavy atom. The van der Waals surface area contributed by atoms with Crippen LogP contribution >= 0.6 is 83.2 Å². The highest BCUT2D eigenvalue weighted by Gasteiger charge is 2.45. The van der Waals surface area contributed by atoms with Gasteiger partial charge in [0.05, 0.1) is 50.3 Å². The Kier molecular flexibility index (Phi) is 30.6. The van der Waals surface area contributed by atoms with Gasteiger partial charge in [-0.2, -0.15) is 25.3 Å². The quantitative estimate of drug-likeness (QED) is 0.0309. The van der Waals surface area contributed by atoms with Gasteiger partial charge in [0.25, 0.3) is 0 Å². The van der Waals surface area contributed by atoms with Crippen LogP contribution in [0.25, 0.3) is 0 Å². The molecule has 598 valence electrons. The molecule has 12 rings (SSSR count). The normalized spacial score (nSPS) is 26.7. The van der Waals surface area contributed by atoms with Gasteiger partial charge in [-0.15, -0.1) is 58.0 Å². The molecule has 112 heavy (non-hydrogen) atoms. The van der Waals surface area contributed by atoms with Crippen LogP contribution in [-0.2, 0) is 81.6 Å². The Balaban J connectivity index is 0.000000179. The zero-order valence-electron chi connectivity index (χ0n) is 63.1. The van der Waals surface area contributed by atoms with Crippen LogP contribution in [-0.4, -0.2) is 206 Å². The molecule has 0 unspecified atom stereocenters.